The fourth-order valence-corrected chi connectivity index (χ4v) is 7.94. The van der Waals surface area contributed by atoms with Crippen LogP contribution < -0.4 is 0 Å². The van der Waals surface area contributed by atoms with Gasteiger partial charge in [-0.2, -0.15) is 5.26 Å². The molecule has 1 spiro atoms. The number of ketones is 1. The Balaban J connectivity index is 1.53. The first-order valence-corrected chi connectivity index (χ1v) is 10.1. The van der Waals surface area contributed by atoms with Crippen LogP contribution in [0.1, 0.15) is 58.8 Å². The summed E-state index contributed by atoms with van der Waals surface area (Å²) in [5.41, 5.74) is -1.65. The van der Waals surface area contributed by atoms with Gasteiger partial charge in [-0.3, -0.25) is 4.79 Å². The molecule has 0 aromatic carbocycles. The van der Waals surface area contributed by atoms with E-state index in [2.05, 4.69) is 25.8 Å². The molecule has 5 fully saturated rings. The van der Waals surface area contributed by atoms with Crippen LogP contribution in [-0.2, 0) is 9.53 Å². The largest absolute Gasteiger partial charge is 0.377 e. The Labute approximate surface area is 155 Å². The second-order valence-corrected chi connectivity index (χ2v) is 10.0. The molecule has 9 atom stereocenters. The molecule has 0 radical (unpaired) electrons. The lowest BCUT2D eigenvalue weighted by Gasteiger charge is -2.60. The second-order valence-electron chi connectivity index (χ2n) is 10.0. The van der Waals surface area contributed by atoms with E-state index in [0.717, 1.165) is 32.1 Å². The van der Waals surface area contributed by atoms with E-state index in [-0.39, 0.29) is 28.3 Å². The molecule has 26 heavy (non-hydrogen) atoms. The number of nitriles is 1. The van der Waals surface area contributed by atoms with Crippen LogP contribution in [0.2, 0.25) is 0 Å². The maximum Gasteiger partial charge on any atom is 0.181 e. The molecule has 4 saturated carbocycles. The fourth-order valence-electron chi connectivity index (χ4n) is 7.94. The number of carbonyl (C=O) groups is 1. The molecule has 1 saturated heterocycles. The van der Waals surface area contributed by atoms with Gasteiger partial charge < -0.3 is 9.84 Å². The van der Waals surface area contributed by atoms with Crippen molar-refractivity contribution >= 4 is 5.78 Å². The van der Waals surface area contributed by atoms with Crippen molar-refractivity contribution in [3.63, 3.8) is 0 Å². The maximum absolute atomic E-state index is 12.5. The predicted molar refractivity (Wildman–Crippen MR) is 94.5 cm³/mol. The summed E-state index contributed by atoms with van der Waals surface area (Å²) in [4.78, 5) is 12.5. The lowest BCUT2D eigenvalue weighted by Crippen LogP contribution is -2.60. The first-order valence-electron chi connectivity index (χ1n) is 10.1. The molecule has 4 unspecified atom stereocenters. The summed E-state index contributed by atoms with van der Waals surface area (Å²) < 4.78 is 6.08. The lowest BCUT2D eigenvalue weighted by molar-refractivity contribution is -0.144. The minimum atomic E-state index is -0.991. The van der Waals surface area contributed by atoms with E-state index in [1.165, 1.54) is 0 Å². The van der Waals surface area contributed by atoms with Crippen LogP contribution >= 0.6 is 0 Å². The first kappa shape index (κ1) is 16.8. The Hall–Kier alpha value is -1.36. The molecular weight excluding hydrogens is 326 g/mol. The van der Waals surface area contributed by atoms with Crippen LogP contribution in [0.4, 0.5) is 0 Å². The average Bonchev–Trinajstić information content (AvgIpc) is 3.31. The number of rotatable bonds is 0. The smallest absolute Gasteiger partial charge is 0.181 e. The van der Waals surface area contributed by atoms with Crippen LogP contribution in [0.3, 0.4) is 0 Å². The third kappa shape index (κ3) is 1.59. The molecule has 0 bridgehead atoms. The van der Waals surface area contributed by atoms with Crippen molar-refractivity contribution in [1.82, 2.24) is 0 Å². The molecule has 4 heteroatoms. The molecule has 0 aromatic heterocycles. The van der Waals surface area contributed by atoms with Gasteiger partial charge >= 0.3 is 0 Å². The van der Waals surface area contributed by atoms with Crippen LogP contribution in [-0.4, -0.2) is 28.2 Å². The molecule has 0 amide bonds. The highest BCUT2D eigenvalue weighted by atomic mass is 16.6. The number of epoxide rings is 1. The summed E-state index contributed by atoms with van der Waals surface area (Å²) in [5.74, 6) is 3.57. The molecule has 1 N–H and O–H groups in total. The summed E-state index contributed by atoms with van der Waals surface area (Å²) in [7, 11) is 0. The molecule has 4 nitrogen and oxygen atoms in total. The Morgan fingerprint density at radius 3 is 2.54 bits per heavy atom. The molecular formula is C22H27NO3. The zero-order valence-corrected chi connectivity index (χ0v) is 15.6. The number of nitrogens with zero attached hydrogens (tertiary/aromatic N) is 1. The summed E-state index contributed by atoms with van der Waals surface area (Å²) in [6, 6.07) is 2.24. The molecule has 1 aliphatic heterocycles. The number of hydrogen-bond donors (Lipinski definition) is 1. The zero-order valence-electron chi connectivity index (χ0n) is 15.6. The van der Waals surface area contributed by atoms with Crippen molar-refractivity contribution < 1.29 is 14.6 Å². The highest BCUT2D eigenvalue weighted by Crippen LogP contribution is 2.73. The number of fused-ring (bicyclic) bond motifs is 4. The van der Waals surface area contributed by atoms with Gasteiger partial charge in [0.15, 0.2) is 5.78 Å². The Bertz CT molecular complexity index is 779. The lowest BCUT2D eigenvalue weighted by atomic mass is 9.43. The van der Waals surface area contributed by atoms with Gasteiger partial charge in [0.1, 0.15) is 23.2 Å². The van der Waals surface area contributed by atoms with Crippen molar-refractivity contribution in [2.24, 2.45) is 34.5 Å². The predicted octanol–water partition coefficient (Wildman–Crippen LogP) is 2.84. The van der Waals surface area contributed by atoms with E-state index in [1.807, 2.05) is 0 Å². The van der Waals surface area contributed by atoms with Crippen LogP contribution in [0, 0.1) is 58.2 Å². The van der Waals surface area contributed by atoms with Gasteiger partial charge in [-0.1, -0.05) is 19.8 Å². The number of aliphatic hydroxyl groups is 1. The van der Waals surface area contributed by atoms with Gasteiger partial charge in [0.05, 0.1) is 6.07 Å². The average molecular weight is 353 g/mol. The SMILES string of the molecule is C#CC1(O)CC[C@H]2[C@@H]3CCC45OC4C(=O)C(C#N)C[C@]5(C)[C@@H]3CC[C@@]21C. The summed E-state index contributed by atoms with van der Waals surface area (Å²) >= 11 is 0. The van der Waals surface area contributed by atoms with E-state index < -0.39 is 11.5 Å². The third-order valence-electron chi connectivity index (χ3n) is 9.54. The summed E-state index contributed by atoms with van der Waals surface area (Å²) in [6.45, 7) is 4.46. The van der Waals surface area contributed by atoms with Crippen molar-refractivity contribution in [1.29, 1.82) is 5.26 Å². The van der Waals surface area contributed by atoms with Gasteiger partial charge in [-0.05, 0) is 62.7 Å². The van der Waals surface area contributed by atoms with Gasteiger partial charge in [0, 0.05) is 10.8 Å². The second kappa shape index (κ2) is 4.73. The molecule has 5 aliphatic rings. The Kier molecular flexibility index (Phi) is 3.05. The minimum Gasteiger partial charge on any atom is -0.377 e. The summed E-state index contributed by atoms with van der Waals surface area (Å²) in [6.07, 6.45) is 11.6. The summed E-state index contributed by atoms with van der Waals surface area (Å²) in [5, 5.41) is 20.6. The minimum absolute atomic E-state index is 0.00615. The van der Waals surface area contributed by atoms with E-state index in [0.29, 0.717) is 30.6 Å². The number of Topliss-reactive ketones (excluding diaryl/α,β-unsaturated/α-hetero) is 1. The van der Waals surface area contributed by atoms with Crippen LogP contribution in [0.5, 0.6) is 0 Å². The van der Waals surface area contributed by atoms with Crippen molar-refractivity contribution in [3.8, 4) is 18.4 Å². The van der Waals surface area contributed by atoms with E-state index >= 15 is 0 Å². The molecule has 0 aromatic rings. The topological polar surface area (TPSA) is 73.6 Å². The van der Waals surface area contributed by atoms with Gasteiger partial charge in [0.25, 0.3) is 0 Å². The van der Waals surface area contributed by atoms with Crippen molar-refractivity contribution in [2.45, 2.75) is 76.1 Å². The number of carbonyl (C=O) groups excluding carboxylic acids is 1. The third-order valence-corrected chi connectivity index (χ3v) is 9.54. The first-order chi connectivity index (χ1) is 12.3. The van der Waals surface area contributed by atoms with E-state index in [1.54, 1.807) is 0 Å². The Morgan fingerprint density at radius 2 is 1.85 bits per heavy atom. The standard InChI is InChI=1S/C22H27NO3/c1-4-21(25)9-7-15-14-5-10-22-18(26-22)17(24)13(12-23)11-20(22,3)16(14)6-8-19(15,21)2/h1,13-16,18,25H,5-11H2,2-3H3/t13?,14-,15-,16+,18?,19-,20+,21?,22?/m0/s1. The Morgan fingerprint density at radius 1 is 1.15 bits per heavy atom. The van der Waals surface area contributed by atoms with Crippen molar-refractivity contribution in [2.75, 3.05) is 0 Å². The molecule has 5 rings (SSSR count). The van der Waals surface area contributed by atoms with Gasteiger partial charge in [-0.25, -0.2) is 0 Å². The van der Waals surface area contributed by atoms with Crippen LogP contribution in [0.25, 0.3) is 0 Å². The quantitative estimate of drug-likeness (QED) is 0.537. The number of ether oxygens (including phenoxy) is 1. The molecule has 1 heterocycles. The molecule has 4 aliphatic carbocycles. The molecule has 138 valence electrons. The monoisotopic (exact) mass is 353 g/mol. The normalized spacial score (nSPS) is 59.9. The highest BCUT2D eigenvalue weighted by Gasteiger charge is 2.78. The highest BCUT2D eigenvalue weighted by molar-refractivity contribution is 5.92. The fraction of sp³-hybridized carbons (Fsp3) is 0.818. The van der Waals surface area contributed by atoms with E-state index in [4.69, 9.17) is 11.2 Å². The van der Waals surface area contributed by atoms with Gasteiger partial charge in [0.2, 0.25) is 0 Å². The number of terminal acetylenes is 1. The van der Waals surface area contributed by atoms with Gasteiger partial charge in [-0.15, -0.1) is 6.42 Å². The number of hydrogen-bond acceptors (Lipinski definition) is 4. The van der Waals surface area contributed by atoms with Crippen LogP contribution in [0.15, 0.2) is 0 Å². The van der Waals surface area contributed by atoms with Crippen molar-refractivity contribution in [3.05, 3.63) is 0 Å². The zero-order chi connectivity index (χ0) is 18.5. The maximum atomic E-state index is 12.5. The van der Waals surface area contributed by atoms with E-state index in [9.17, 15) is 15.2 Å².